The maximum absolute atomic E-state index is 12.5. The van der Waals surface area contributed by atoms with Crippen molar-refractivity contribution in [3.8, 4) is 17.2 Å². The standard InChI is InChI=1S/C18H16F3N3O4/c1-10-4-5-11(8-13(10)28-18(19,20)21)27-12-6-7-14(22-9-12)24-15(25)17(2,3)23-16(24)26/h4-9H,1-3H3,(H,23,26). The van der Waals surface area contributed by atoms with E-state index in [9.17, 15) is 22.8 Å². The number of rotatable bonds is 4. The second-order valence-corrected chi connectivity index (χ2v) is 6.62. The molecular formula is C18H16F3N3O4. The summed E-state index contributed by atoms with van der Waals surface area (Å²) in [5.41, 5.74) is -0.746. The molecule has 0 radical (unpaired) electrons. The average Bonchev–Trinajstić information content (AvgIpc) is 2.78. The van der Waals surface area contributed by atoms with E-state index < -0.39 is 23.8 Å². The van der Waals surface area contributed by atoms with Gasteiger partial charge >= 0.3 is 12.4 Å². The molecule has 0 spiro atoms. The molecule has 0 saturated carbocycles. The summed E-state index contributed by atoms with van der Waals surface area (Å²) >= 11 is 0. The molecule has 1 saturated heterocycles. The number of halogens is 3. The highest BCUT2D eigenvalue weighted by atomic mass is 19.4. The van der Waals surface area contributed by atoms with E-state index in [0.717, 1.165) is 11.0 Å². The van der Waals surface area contributed by atoms with Crippen molar-refractivity contribution in [2.45, 2.75) is 32.7 Å². The molecule has 1 fully saturated rings. The normalized spacial score (nSPS) is 16.1. The Hall–Kier alpha value is -3.30. The Morgan fingerprint density at radius 1 is 1.11 bits per heavy atom. The lowest BCUT2D eigenvalue weighted by atomic mass is 10.1. The van der Waals surface area contributed by atoms with Gasteiger partial charge in [-0.1, -0.05) is 6.07 Å². The van der Waals surface area contributed by atoms with Crippen LogP contribution in [0.25, 0.3) is 0 Å². The number of anilines is 1. The first-order valence-electron chi connectivity index (χ1n) is 8.13. The number of carbonyl (C=O) groups excluding carboxylic acids is 2. The Morgan fingerprint density at radius 3 is 2.32 bits per heavy atom. The fraction of sp³-hybridized carbons (Fsp3) is 0.278. The summed E-state index contributed by atoms with van der Waals surface area (Å²) < 4.78 is 46.8. The molecule has 7 nitrogen and oxygen atoms in total. The molecule has 1 aliphatic heterocycles. The second-order valence-electron chi connectivity index (χ2n) is 6.62. The van der Waals surface area contributed by atoms with Crippen LogP contribution in [0.1, 0.15) is 19.4 Å². The first-order valence-corrected chi connectivity index (χ1v) is 8.13. The Kier molecular flexibility index (Phi) is 4.66. The van der Waals surface area contributed by atoms with Crippen LogP contribution in [-0.4, -0.2) is 28.8 Å². The third-order valence-corrected chi connectivity index (χ3v) is 3.93. The zero-order valence-electron chi connectivity index (χ0n) is 15.1. The van der Waals surface area contributed by atoms with E-state index in [-0.39, 0.29) is 23.1 Å². The molecule has 1 aliphatic rings. The lowest BCUT2D eigenvalue weighted by Crippen LogP contribution is -2.40. The molecule has 0 atom stereocenters. The molecular weight excluding hydrogens is 379 g/mol. The van der Waals surface area contributed by atoms with Gasteiger partial charge in [0, 0.05) is 6.07 Å². The van der Waals surface area contributed by atoms with Crippen molar-refractivity contribution in [1.29, 1.82) is 0 Å². The van der Waals surface area contributed by atoms with E-state index in [0.29, 0.717) is 5.56 Å². The maximum atomic E-state index is 12.5. The minimum absolute atomic E-state index is 0.102. The number of hydrogen-bond acceptors (Lipinski definition) is 5. The molecule has 1 aromatic carbocycles. The zero-order chi connectivity index (χ0) is 20.7. The van der Waals surface area contributed by atoms with Crippen LogP contribution in [-0.2, 0) is 4.79 Å². The Morgan fingerprint density at radius 2 is 1.79 bits per heavy atom. The third-order valence-electron chi connectivity index (χ3n) is 3.93. The number of aromatic nitrogens is 1. The maximum Gasteiger partial charge on any atom is 0.573 e. The topological polar surface area (TPSA) is 80.8 Å². The van der Waals surface area contributed by atoms with Crippen LogP contribution < -0.4 is 19.7 Å². The van der Waals surface area contributed by atoms with Crippen molar-refractivity contribution in [3.63, 3.8) is 0 Å². The predicted octanol–water partition coefficient (Wildman–Crippen LogP) is 3.92. The van der Waals surface area contributed by atoms with Gasteiger partial charge in [-0.3, -0.25) is 4.79 Å². The fourth-order valence-corrected chi connectivity index (χ4v) is 2.54. The van der Waals surface area contributed by atoms with Crippen LogP contribution >= 0.6 is 0 Å². The van der Waals surface area contributed by atoms with Gasteiger partial charge < -0.3 is 14.8 Å². The average molecular weight is 395 g/mol. The van der Waals surface area contributed by atoms with Gasteiger partial charge in [-0.15, -0.1) is 13.2 Å². The van der Waals surface area contributed by atoms with Gasteiger partial charge in [-0.25, -0.2) is 14.7 Å². The monoisotopic (exact) mass is 395 g/mol. The highest BCUT2D eigenvalue weighted by molar-refractivity contribution is 6.22. The lowest BCUT2D eigenvalue weighted by molar-refractivity contribution is -0.274. The highest BCUT2D eigenvalue weighted by Gasteiger charge is 2.45. The molecule has 2 aromatic rings. The van der Waals surface area contributed by atoms with Gasteiger partial charge in [0.1, 0.15) is 28.6 Å². The summed E-state index contributed by atoms with van der Waals surface area (Å²) in [5.74, 6) is -0.417. The molecule has 3 amide bonds. The van der Waals surface area contributed by atoms with Crippen molar-refractivity contribution in [2.75, 3.05) is 4.90 Å². The van der Waals surface area contributed by atoms with Crippen molar-refractivity contribution in [2.24, 2.45) is 0 Å². The van der Waals surface area contributed by atoms with E-state index in [2.05, 4.69) is 15.0 Å². The van der Waals surface area contributed by atoms with Gasteiger partial charge in [-0.2, -0.15) is 0 Å². The predicted molar refractivity (Wildman–Crippen MR) is 92.3 cm³/mol. The van der Waals surface area contributed by atoms with Gasteiger partial charge in [0.25, 0.3) is 5.91 Å². The Labute approximate surface area is 158 Å². The quantitative estimate of drug-likeness (QED) is 0.794. The summed E-state index contributed by atoms with van der Waals surface area (Å²) in [7, 11) is 0. The minimum atomic E-state index is -4.82. The van der Waals surface area contributed by atoms with Crippen LogP contribution in [0.15, 0.2) is 36.5 Å². The van der Waals surface area contributed by atoms with Crippen LogP contribution in [0.3, 0.4) is 0 Å². The van der Waals surface area contributed by atoms with E-state index >= 15 is 0 Å². The number of urea groups is 1. The molecule has 0 aliphatic carbocycles. The Bertz CT molecular complexity index is 927. The molecule has 1 aromatic heterocycles. The number of nitrogens with zero attached hydrogens (tertiary/aromatic N) is 2. The molecule has 3 rings (SSSR count). The number of ether oxygens (including phenoxy) is 2. The number of hydrogen-bond donors (Lipinski definition) is 1. The smallest absolute Gasteiger partial charge is 0.456 e. The van der Waals surface area contributed by atoms with Crippen LogP contribution in [0.2, 0.25) is 0 Å². The van der Waals surface area contributed by atoms with Crippen LogP contribution in [0.5, 0.6) is 17.2 Å². The van der Waals surface area contributed by atoms with E-state index in [1.807, 2.05) is 0 Å². The molecule has 0 unspecified atom stereocenters. The number of imide groups is 1. The zero-order valence-corrected chi connectivity index (χ0v) is 15.1. The van der Waals surface area contributed by atoms with Gasteiger partial charge in [-0.05, 0) is 44.5 Å². The molecule has 148 valence electrons. The summed E-state index contributed by atoms with van der Waals surface area (Å²) in [5, 5.41) is 2.54. The third kappa shape index (κ3) is 4.00. The molecule has 0 bridgehead atoms. The van der Waals surface area contributed by atoms with Crippen LogP contribution in [0.4, 0.5) is 23.8 Å². The second kappa shape index (κ2) is 6.70. The molecule has 10 heteroatoms. The summed E-state index contributed by atoms with van der Waals surface area (Å²) in [4.78, 5) is 29.2. The number of pyridine rings is 1. The van der Waals surface area contributed by atoms with Gasteiger partial charge in [0.15, 0.2) is 0 Å². The number of alkyl halides is 3. The molecule has 2 heterocycles. The lowest BCUT2D eigenvalue weighted by Gasteiger charge is -2.15. The molecule has 1 N–H and O–H groups in total. The summed E-state index contributed by atoms with van der Waals surface area (Å²) in [6.45, 7) is 4.62. The first kappa shape index (κ1) is 19.5. The van der Waals surface area contributed by atoms with Gasteiger partial charge in [0.2, 0.25) is 0 Å². The number of aryl methyl sites for hydroxylation is 1. The summed E-state index contributed by atoms with van der Waals surface area (Å²) in [6.07, 6.45) is -3.56. The first-order chi connectivity index (χ1) is 13.0. The number of benzene rings is 1. The van der Waals surface area contributed by atoms with Crippen molar-refractivity contribution in [3.05, 3.63) is 42.1 Å². The summed E-state index contributed by atoms with van der Waals surface area (Å²) in [6, 6.07) is 6.26. The molecule has 28 heavy (non-hydrogen) atoms. The number of nitrogens with one attached hydrogen (secondary N) is 1. The number of carbonyl (C=O) groups is 2. The van der Waals surface area contributed by atoms with Gasteiger partial charge in [0.05, 0.1) is 6.20 Å². The van der Waals surface area contributed by atoms with E-state index in [1.54, 1.807) is 13.8 Å². The van der Waals surface area contributed by atoms with E-state index in [4.69, 9.17) is 4.74 Å². The fourth-order valence-electron chi connectivity index (χ4n) is 2.54. The minimum Gasteiger partial charge on any atom is -0.456 e. The van der Waals surface area contributed by atoms with Crippen molar-refractivity contribution >= 4 is 17.8 Å². The van der Waals surface area contributed by atoms with E-state index in [1.165, 1.54) is 37.4 Å². The number of amides is 3. The largest absolute Gasteiger partial charge is 0.573 e. The van der Waals surface area contributed by atoms with Crippen molar-refractivity contribution < 1.29 is 32.2 Å². The highest BCUT2D eigenvalue weighted by Crippen LogP contribution is 2.32. The van der Waals surface area contributed by atoms with Crippen molar-refractivity contribution in [1.82, 2.24) is 10.3 Å². The Balaban J connectivity index is 1.78. The van der Waals surface area contributed by atoms with Crippen LogP contribution in [0, 0.1) is 6.92 Å². The SMILES string of the molecule is Cc1ccc(Oc2ccc(N3C(=O)NC(C)(C)C3=O)nc2)cc1OC(F)(F)F.